The van der Waals surface area contributed by atoms with Gasteiger partial charge in [-0.2, -0.15) is 0 Å². The number of benzene rings is 2. The number of hydrogen-bond donors (Lipinski definition) is 0. The van der Waals surface area contributed by atoms with Gasteiger partial charge in [0, 0.05) is 4.83 Å². The van der Waals surface area contributed by atoms with Crippen molar-refractivity contribution in [3.05, 3.63) is 70.5 Å². The Hall–Kier alpha value is -1.15. The van der Waals surface area contributed by atoms with Crippen LogP contribution in [0.3, 0.4) is 0 Å². The second-order valence-electron chi connectivity index (χ2n) is 4.64. The predicted octanol–water partition coefficient (Wildman–Crippen LogP) is 5.12. The molecule has 0 N–H and O–H groups in total. The summed E-state index contributed by atoms with van der Waals surface area (Å²) in [6.07, 6.45) is 0.909. The van der Waals surface area contributed by atoms with Gasteiger partial charge in [-0.25, -0.2) is 4.39 Å². The molecule has 2 aromatic carbocycles. The van der Waals surface area contributed by atoms with Gasteiger partial charge in [0.15, 0.2) is 0 Å². The van der Waals surface area contributed by atoms with Crippen molar-refractivity contribution in [2.75, 3.05) is 0 Å². The van der Waals surface area contributed by atoms with Gasteiger partial charge in [0.25, 0.3) is 0 Å². The number of hydrogen-bond acceptors (Lipinski definition) is 0. The predicted molar refractivity (Wildman–Crippen MR) is 77.7 cm³/mol. The lowest BCUT2D eigenvalue weighted by atomic mass is 10.0. The second-order valence-corrected chi connectivity index (χ2v) is 5.75. The van der Waals surface area contributed by atoms with Crippen molar-refractivity contribution in [3.8, 4) is 0 Å². The zero-order chi connectivity index (χ0) is 13.1. The Morgan fingerprint density at radius 2 is 1.67 bits per heavy atom. The van der Waals surface area contributed by atoms with Gasteiger partial charge in [0.2, 0.25) is 0 Å². The molecule has 0 aliphatic rings. The van der Waals surface area contributed by atoms with Crippen LogP contribution in [-0.4, -0.2) is 0 Å². The van der Waals surface area contributed by atoms with Gasteiger partial charge in [-0.15, -0.1) is 0 Å². The highest BCUT2D eigenvalue weighted by atomic mass is 79.9. The van der Waals surface area contributed by atoms with E-state index in [1.807, 2.05) is 12.1 Å². The van der Waals surface area contributed by atoms with Crippen LogP contribution < -0.4 is 0 Å². The topological polar surface area (TPSA) is 0 Å². The van der Waals surface area contributed by atoms with Gasteiger partial charge >= 0.3 is 0 Å². The van der Waals surface area contributed by atoms with Crippen LogP contribution in [0.15, 0.2) is 42.5 Å². The maximum Gasteiger partial charge on any atom is 0.123 e. The summed E-state index contributed by atoms with van der Waals surface area (Å²) < 4.78 is 12.9. The quantitative estimate of drug-likeness (QED) is 0.690. The van der Waals surface area contributed by atoms with E-state index in [-0.39, 0.29) is 10.6 Å². The van der Waals surface area contributed by atoms with Crippen LogP contribution in [0.1, 0.15) is 27.1 Å². The Morgan fingerprint density at radius 1 is 1.00 bits per heavy atom. The highest BCUT2D eigenvalue weighted by molar-refractivity contribution is 9.09. The molecule has 18 heavy (non-hydrogen) atoms. The Kier molecular flexibility index (Phi) is 4.18. The van der Waals surface area contributed by atoms with Crippen molar-refractivity contribution >= 4 is 15.9 Å². The van der Waals surface area contributed by atoms with Crippen molar-refractivity contribution in [1.29, 1.82) is 0 Å². The fourth-order valence-electron chi connectivity index (χ4n) is 1.93. The van der Waals surface area contributed by atoms with Crippen molar-refractivity contribution in [2.45, 2.75) is 25.1 Å². The standard InChI is InChI=1S/C16H16BrF/c1-11-3-4-13(9-12(11)2)10-16(17)14-5-7-15(18)8-6-14/h3-9,16H,10H2,1-2H3. The van der Waals surface area contributed by atoms with E-state index < -0.39 is 0 Å². The van der Waals surface area contributed by atoms with Crippen LogP contribution in [0.5, 0.6) is 0 Å². The van der Waals surface area contributed by atoms with Gasteiger partial charge in [0.1, 0.15) is 5.82 Å². The molecule has 0 amide bonds. The van der Waals surface area contributed by atoms with E-state index in [0.717, 1.165) is 12.0 Å². The lowest BCUT2D eigenvalue weighted by molar-refractivity contribution is 0.627. The Morgan fingerprint density at radius 3 is 2.28 bits per heavy atom. The summed E-state index contributed by atoms with van der Waals surface area (Å²) in [6, 6.07) is 13.2. The van der Waals surface area contributed by atoms with Crippen molar-refractivity contribution in [2.24, 2.45) is 0 Å². The average Bonchev–Trinajstić information content (AvgIpc) is 2.34. The molecule has 0 radical (unpaired) electrons. The molecular formula is C16H16BrF. The third-order valence-electron chi connectivity index (χ3n) is 3.22. The van der Waals surface area contributed by atoms with E-state index in [9.17, 15) is 4.39 Å². The third kappa shape index (κ3) is 3.20. The van der Waals surface area contributed by atoms with Crippen LogP contribution in [0.4, 0.5) is 4.39 Å². The molecule has 0 saturated carbocycles. The fourth-order valence-corrected chi connectivity index (χ4v) is 2.61. The molecule has 0 nitrogen and oxygen atoms in total. The van der Waals surface area contributed by atoms with E-state index in [0.29, 0.717) is 0 Å². The first-order valence-corrected chi connectivity index (χ1v) is 6.93. The first-order chi connectivity index (χ1) is 8.56. The summed E-state index contributed by atoms with van der Waals surface area (Å²) >= 11 is 3.67. The number of rotatable bonds is 3. The van der Waals surface area contributed by atoms with Crippen LogP contribution >= 0.6 is 15.9 Å². The van der Waals surface area contributed by atoms with E-state index in [2.05, 4.69) is 48.0 Å². The Bertz CT molecular complexity index is 531. The lowest BCUT2D eigenvalue weighted by Gasteiger charge is -2.11. The zero-order valence-corrected chi connectivity index (χ0v) is 12.2. The van der Waals surface area contributed by atoms with Gasteiger partial charge in [0.05, 0.1) is 0 Å². The number of halogens is 2. The van der Waals surface area contributed by atoms with Crippen molar-refractivity contribution in [3.63, 3.8) is 0 Å². The summed E-state index contributed by atoms with van der Waals surface area (Å²) in [4.78, 5) is 0.222. The molecule has 0 bridgehead atoms. The maximum atomic E-state index is 12.9. The van der Waals surface area contributed by atoms with E-state index in [1.165, 1.54) is 28.8 Å². The molecule has 1 unspecified atom stereocenters. The van der Waals surface area contributed by atoms with Crippen molar-refractivity contribution in [1.82, 2.24) is 0 Å². The SMILES string of the molecule is Cc1ccc(CC(Br)c2ccc(F)cc2)cc1C. The molecular weight excluding hydrogens is 291 g/mol. The zero-order valence-electron chi connectivity index (χ0n) is 10.6. The molecule has 0 heterocycles. The minimum atomic E-state index is -0.190. The molecule has 0 spiro atoms. The molecule has 0 fully saturated rings. The summed E-state index contributed by atoms with van der Waals surface area (Å²) in [5.74, 6) is -0.190. The smallest absolute Gasteiger partial charge is 0.123 e. The van der Waals surface area contributed by atoms with Crippen LogP contribution in [0, 0.1) is 19.7 Å². The summed E-state index contributed by atoms with van der Waals surface area (Å²) in [7, 11) is 0. The minimum Gasteiger partial charge on any atom is -0.207 e. The van der Waals surface area contributed by atoms with E-state index in [4.69, 9.17) is 0 Å². The van der Waals surface area contributed by atoms with Gasteiger partial charge in [-0.3, -0.25) is 0 Å². The van der Waals surface area contributed by atoms with E-state index in [1.54, 1.807) is 0 Å². The number of alkyl halides is 1. The largest absolute Gasteiger partial charge is 0.207 e. The molecule has 2 heteroatoms. The minimum absolute atomic E-state index is 0.190. The maximum absolute atomic E-state index is 12.9. The first-order valence-electron chi connectivity index (χ1n) is 6.02. The summed E-state index contributed by atoms with van der Waals surface area (Å²) in [5.41, 5.74) is 5.02. The van der Waals surface area contributed by atoms with E-state index >= 15 is 0 Å². The molecule has 94 valence electrons. The second kappa shape index (κ2) is 5.66. The van der Waals surface area contributed by atoms with Gasteiger partial charge < -0.3 is 0 Å². The van der Waals surface area contributed by atoms with Crippen LogP contribution in [0.2, 0.25) is 0 Å². The lowest BCUT2D eigenvalue weighted by Crippen LogP contribution is -1.96. The monoisotopic (exact) mass is 306 g/mol. The van der Waals surface area contributed by atoms with Gasteiger partial charge in [-0.05, 0) is 54.7 Å². The Labute approximate surface area is 116 Å². The molecule has 1 atom stereocenters. The van der Waals surface area contributed by atoms with Gasteiger partial charge in [-0.1, -0.05) is 46.3 Å². The fraction of sp³-hybridized carbons (Fsp3) is 0.250. The molecule has 0 aromatic heterocycles. The third-order valence-corrected chi connectivity index (χ3v) is 4.07. The molecule has 2 rings (SSSR count). The van der Waals surface area contributed by atoms with Crippen LogP contribution in [-0.2, 0) is 6.42 Å². The van der Waals surface area contributed by atoms with Crippen LogP contribution in [0.25, 0.3) is 0 Å². The Balaban J connectivity index is 2.13. The first kappa shape index (κ1) is 13.3. The molecule has 0 aliphatic carbocycles. The molecule has 0 aliphatic heterocycles. The highest BCUT2D eigenvalue weighted by Gasteiger charge is 2.09. The highest BCUT2D eigenvalue weighted by Crippen LogP contribution is 2.27. The molecule has 2 aromatic rings. The normalized spacial score (nSPS) is 12.4. The van der Waals surface area contributed by atoms with Crippen molar-refractivity contribution < 1.29 is 4.39 Å². The summed E-state index contributed by atoms with van der Waals surface area (Å²) in [5, 5.41) is 0. The molecule has 0 saturated heterocycles. The average molecular weight is 307 g/mol. The summed E-state index contributed by atoms with van der Waals surface area (Å²) in [6.45, 7) is 4.24. The number of aryl methyl sites for hydroxylation is 2.